The van der Waals surface area contributed by atoms with E-state index in [2.05, 4.69) is 17.4 Å². The van der Waals surface area contributed by atoms with Crippen molar-refractivity contribution in [1.29, 1.82) is 0 Å². The third-order valence-corrected chi connectivity index (χ3v) is 4.55. The molecule has 0 spiro atoms. The van der Waals surface area contributed by atoms with Crippen LogP contribution in [0.1, 0.15) is 25.3 Å². The number of carbonyl (C=O) groups is 1. The molecule has 0 radical (unpaired) electrons. The van der Waals surface area contributed by atoms with Crippen molar-refractivity contribution in [1.82, 2.24) is 5.32 Å². The Hall–Kier alpha value is -2.00. The smallest absolute Gasteiger partial charge is 0.260 e. The number of benzene rings is 2. The number of rotatable bonds is 6. The van der Waals surface area contributed by atoms with Gasteiger partial charge in [0.05, 0.1) is 0 Å². The van der Waals surface area contributed by atoms with Crippen molar-refractivity contribution in [2.45, 2.75) is 31.3 Å². The topological polar surface area (TPSA) is 38.3 Å². The summed E-state index contributed by atoms with van der Waals surface area (Å²) in [6.07, 6.45) is 1.67. The zero-order chi connectivity index (χ0) is 16.3. The van der Waals surface area contributed by atoms with E-state index in [1.54, 1.807) is 31.2 Å². The first kappa shape index (κ1) is 15.9. The van der Waals surface area contributed by atoms with Gasteiger partial charge in [0, 0.05) is 17.0 Å². The number of halogens is 1. The number of hydrogen-bond acceptors (Lipinski definition) is 2. The summed E-state index contributed by atoms with van der Waals surface area (Å²) in [7, 11) is 0. The maximum Gasteiger partial charge on any atom is 0.260 e. The lowest BCUT2D eigenvalue weighted by Crippen LogP contribution is -2.40. The summed E-state index contributed by atoms with van der Waals surface area (Å²) in [5, 5.41) is 3.62. The van der Waals surface area contributed by atoms with Crippen molar-refractivity contribution in [2.24, 2.45) is 0 Å². The van der Waals surface area contributed by atoms with E-state index in [0.29, 0.717) is 17.3 Å². The van der Waals surface area contributed by atoms with Crippen LogP contribution in [0.3, 0.4) is 0 Å². The predicted molar refractivity (Wildman–Crippen MR) is 91.9 cm³/mol. The van der Waals surface area contributed by atoms with Gasteiger partial charge < -0.3 is 10.1 Å². The third kappa shape index (κ3) is 3.85. The van der Waals surface area contributed by atoms with E-state index in [4.69, 9.17) is 16.3 Å². The summed E-state index contributed by atoms with van der Waals surface area (Å²) in [6, 6.07) is 17.4. The van der Waals surface area contributed by atoms with Crippen molar-refractivity contribution >= 4 is 17.5 Å². The van der Waals surface area contributed by atoms with E-state index in [1.165, 1.54) is 5.56 Å². The highest BCUT2D eigenvalue weighted by Crippen LogP contribution is 2.47. The average molecular weight is 330 g/mol. The van der Waals surface area contributed by atoms with Gasteiger partial charge in [-0.1, -0.05) is 48.0 Å². The van der Waals surface area contributed by atoms with E-state index < -0.39 is 6.10 Å². The maximum atomic E-state index is 12.3. The van der Waals surface area contributed by atoms with Crippen LogP contribution >= 0.6 is 11.6 Å². The van der Waals surface area contributed by atoms with Gasteiger partial charge in [-0.05, 0) is 43.5 Å². The molecule has 0 aromatic heterocycles. The van der Waals surface area contributed by atoms with Gasteiger partial charge in [-0.25, -0.2) is 0 Å². The lowest BCUT2D eigenvalue weighted by atomic mass is 9.96. The molecule has 0 bridgehead atoms. The van der Waals surface area contributed by atoms with Crippen LogP contribution in [0.5, 0.6) is 5.75 Å². The number of nitrogens with one attached hydrogen (secondary N) is 1. The Morgan fingerprint density at radius 1 is 1.22 bits per heavy atom. The fourth-order valence-electron chi connectivity index (χ4n) is 2.71. The fraction of sp³-hybridized carbons (Fsp3) is 0.316. The molecule has 1 saturated carbocycles. The molecule has 1 N–H and O–H groups in total. The van der Waals surface area contributed by atoms with E-state index in [9.17, 15) is 4.79 Å². The quantitative estimate of drug-likeness (QED) is 0.871. The molecule has 23 heavy (non-hydrogen) atoms. The molecule has 1 atom stereocenters. The SMILES string of the molecule is CC(Oc1cccc(Cl)c1)C(=O)NCC1(c2ccccc2)CC1. The van der Waals surface area contributed by atoms with Crippen molar-refractivity contribution < 1.29 is 9.53 Å². The molecule has 120 valence electrons. The van der Waals surface area contributed by atoms with Crippen molar-refractivity contribution in [3.63, 3.8) is 0 Å². The van der Waals surface area contributed by atoms with Gasteiger partial charge >= 0.3 is 0 Å². The number of ether oxygens (including phenoxy) is 1. The van der Waals surface area contributed by atoms with Gasteiger partial charge in [-0.2, -0.15) is 0 Å². The molecule has 3 nitrogen and oxygen atoms in total. The van der Waals surface area contributed by atoms with E-state index >= 15 is 0 Å². The Labute approximate surface area is 141 Å². The first-order valence-electron chi connectivity index (χ1n) is 7.85. The minimum atomic E-state index is -0.556. The summed E-state index contributed by atoms with van der Waals surface area (Å²) in [4.78, 5) is 12.3. The van der Waals surface area contributed by atoms with Crippen molar-refractivity contribution in [3.8, 4) is 5.75 Å². The molecule has 1 aliphatic carbocycles. The molecular formula is C19H20ClNO2. The van der Waals surface area contributed by atoms with Crippen LogP contribution in [0.25, 0.3) is 0 Å². The Morgan fingerprint density at radius 2 is 1.96 bits per heavy atom. The highest BCUT2D eigenvalue weighted by Gasteiger charge is 2.44. The molecule has 1 unspecified atom stereocenters. The van der Waals surface area contributed by atoms with Gasteiger partial charge in [-0.15, -0.1) is 0 Å². The van der Waals surface area contributed by atoms with E-state index in [1.807, 2.05) is 18.2 Å². The van der Waals surface area contributed by atoms with Gasteiger partial charge in [0.1, 0.15) is 5.75 Å². The molecule has 1 amide bonds. The molecule has 1 fully saturated rings. The second-order valence-electron chi connectivity index (χ2n) is 6.08. The second kappa shape index (κ2) is 6.63. The van der Waals surface area contributed by atoms with Crippen molar-refractivity contribution in [3.05, 3.63) is 65.2 Å². The first-order valence-corrected chi connectivity index (χ1v) is 8.22. The lowest BCUT2D eigenvalue weighted by molar-refractivity contribution is -0.127. The van der Waals surface area contributed by atoms with Crippen LogP contribution in [0.4, 0.5) is 0 Å². The van der Waals surface area contributed by atoms with Gasteiger partial charge in [0.25, 0.3) is 5.91 Å². The van der Waals surface area contributed by atoms with E-state index in [0.717, 1.165) is 12.8 Å². The third-order valence-electron chi connectivity index (χ3n) is 4.32. The minimum Gasteiger partial charge on any atom is -0.481 e. The maximum absolute atomic E-state index is 12.3. The van der Waals surface area contributed by atoms with Crippen LogP contribution < -0.4 is 10.1 Å². The highest BCUT2D eigenvalue weighted by molar-refractivity contribution is 6.30. The Balaban J connectivity index is 1.55. The summed E-state index contributed by atoms with van der Waals surface area (Å²) in [6.45, 7) is 2.40. The van der Waals surface area contributed by atoms with Gasteiger partial charge in [-0.3, -0.25) is 4.79 Å². The summed E-state index contributed by atoms with van der Waals surface area (Å²) in [5.41, 5.74) is 1.40. The zero-order valence-corrected chi connectivity index (χ0v) is 13.8. The number of hydrogen-bond donors (Lipinski definition) is 1. The standard InChI is InChI=1S/C19H20ClNO2/c1-14(23-17-9-5-8-16(20)12-17)18(22)21-13-19(10-11-19)15-6-3-2-4-7-15/h2-9,12,14H,10-11,13H2,1H3,(H,21,22). The van der Waals surface area contributed by atoms with E-state index in [-0.39, 0.29) is 11.3 Å². The molecule has 3 rings (SSSR count). The normalized spacial score (nSPS) is 16.4. The fourth-order valence-corrected chi connectivity index (χ4v) is 2.89. The first-order chi connectivity index (χ1) is 11.1. The van der Waals surface area contributed by atoms with Crippen LogP contribution in [-0.2, 0) is 10.2 Å². The lowest BCUT2D eigenvalue weighted by Gasteiger charge is -2.19. The molecule has 4 heteroatoms. The van der Waals surface area contributed by atoms with Crippen LogP contribution in [0, 0.1) is 0 Å². The molecule has 0 aliphatic heterocycles. The summed E-state index contributed by atoms with van der Waals surface area (Å²) >= 11 is 5.92. The van der Waals surface area contributed by atoms with Crippen LogP contribution in [0.2, 0.25) is 5.02 Å². The second-order valence-corrected chi connectivity index (χ2v) is 6.52. The van der Waals surface area contributed by atoms with Crippen molar-refractivity contribution in [2.75, 3.05) is 6.54 Å². The van der Waals surface area contributed by atoms with Gasteiger partial charge in [0.15, 0.2) is 6.10 Å². The van der Waals surface area contributed by atoms with Crippen LogP contribution in [-0.4, -0.2) is 18.6 Å². The number of carbonyl (C=O) groups excluding carboxylic acids is 1. The Bertz CT molecular complexity index is 683. The predicted octanol–water partition coefficient (Wildman–Crippen LogP) is 3.96. The Morgan fingerprint density at radius 3 is 2.61 bits per heavy atom. The zero-order valence-electron chi connectivity index (χ0n) is 13.1. The molecule has 2 aromatic carbocycles. The number of amides is 1. The minimum absolute atomic E-state index is 0.104. The molecule has 0 heterocycles. The summed E-state index contributed by atoms with van der Waals surface area (Å²) < 4.78 is 5.65. The molecule has 2 aromatic rings. The Kier molecular flexibility index (Phi) is 4.58. The van der Waals surface area contributed by atoms with Gasteiger partial charge in [0.2, 0.25) is 0 Å². The van der Waals surface area contributed by atoms with Crippen LogP contribution in [0.15, 0.2) is 54.6 Å². The summed E-state index contributed by atoms with van der Waals surface area (Å²) in [5.74, 6) is 0.497. The monoisotopic (exact) mass is 329 g/mol. The molecular weight excluding hydrogens is 310 g/mol. The molecule has 1 aliphatic rings. The largest absolute Gasteiger partial charge is 0.481 e. The molecule has 0 saturated heterocycles. The average Bonchev–Trinajstić information content (AvgIpc) is 3.35. The highest BCUT2D eigenvalue weighted by atomic mass is 35.5.